The number of benzene rings is 1. The van der Waals surface area contributed by atoms with Gasteiger partial charge in [-0.15, -0.1) is 0 Å². The fourth-order valence-electron chi connectivity index (χ4n) is 3.79. The van der Waals surface area contributed by atoms with Crippen molar-refractivity contribution in [2.45, 2.75) is 44.7 Å². The molecule has 0 radical (unpaired) electrons. The van der Waals surface area contributed by atoms with Crippen molar-refractivity contribution in [1.82, 2.24) is 4.90 Å². The minimum Gasteiger partial charge on any atom is -0.493 e. The van der Waals surface area contributed by atoms with Crippen molar-refractivity contribution in [2.75, 3.05) is 20.2 Å². The Labute approximate surface area is 122 Å². The van der Waals surface area contributed by atoms with Crippen molar-refractivity contribution in [1.29, 1.82) is 0 Å². The summed E-state index contributed by atoms with van der Waals surface area (Å²) >= 11 is 0. The van der Waals surface area contributed by atoms with Gasteiger partial charge in [0, 0.05) is 19.0 Å². The average Bonchev–Trinajstić information content (AvgIpc) is 2.94. The van der Waals surface area contributed by atoms with Crippen molar-refractivity contribution in [3.63, 3.8) is 0 Å². The minimum atomic E-state index is 0.651. The van der Waals surface area contributed by atoms with Gasteiger partial charge in [0.05, 0.1) is 6.61 Å². The van der Waals surface area contributed by atoms with Gasteiger partial charge in [0.25, 0.3) is 0 Å². The molecular weight excluding hydrogens is 248 g/mol. The van der Waals surface area contributed by atoms with Gasteiger partial charge in [0.1, 0.15) is 5.75 Å². The zero-order chi connectivity index (χ0) is 13.9. The van der Waals surface area contributed by atoms with Crippen LogP contribution in [0.4, 0.5) is 0 Å². The molecule has 2 atom stereocenters. The minimum absolute atomic E-state index is 0.651. The molecule has 20 heavy (non-hydrogen) atoms. The van der Waals surface area contributed by atoms with E-state index >= 15 is 0 Å². The molecule has 1 heterocycles. The number of fused-ring (bicyclic) bond motifs is 1. The predicted molar refractivity (Wildman–Crippen MR) is 81.9 cm³/mol. The molecule has 110 valence electrons. The summed E-state index contributed by atoms with van der Waals surface area (Å²) < 4.78 is 5.58. The number of nitrogens with zero attached hydrogens (tertiary/aromatic N) is 1. The van der Waals surface area contributed by atoms with E-state index in [1.54, 1.807) is 0 Å². The lowest BCUT2D eigenvalue weighted by Gasteiger charge is -2.37. The number of rotatable bonds is 4. The zero-order valence-corrected chi connectivity index (χ0v) is 12.5. The van der Waals surface area contributed by atoms with Crippen molar-refractivity contribution in [3.05, 3.63) is 29.3 Å². The lowest BCUT2D eigenvalue weighted by molar-refractivity contribution is 0.127. The fraction of sp³-hybridized carbons (Fsp3) is 0.647. The fourth-order valence-corrected chi connectivity index (χ4v) is 3.79. The first-order valence-corrected chi connectivity index (χ1v) is 7.93. The third-order valence-corrected chi connectivity index (χ3v) is 4.92. The molecule has 0 spiro atoms. The van der Waals surface area contributed by atoms with Gasteiger partial charge in [-0.3, -0.25) is 4.90 Å². The molecule has 3 rings (SSSR count). The summed E-state index contributed by atoms with van der Waals surface area (Å²) in [7, 11) is 2.25. The highest BCUT2D eigenvalue weighted by Crippen LogP contribution is 2.30. The Morgan fingerprint density at radius 3 is 3.00 bits per heavy atom. The Morgan fingerprint density at radius 1 is 1.30 bits per heavy atom. The molecule has 0 saturated heterocycles. The van der Waals surface area contributed by atoms with Crippen molar-refractivity contribution in [3.8, 4) is 5.75 Å². The van der Waals surface area contributed by atoms with Crippen LogP contribution in [0.15, 0.2) is 18.2 Å². The number of nitrogens with two attached hydrogens (primary N) is 1. The first-order valence-electron chi connectivity index (χ1n) is 7.93. The van der Waals surface area contributed by atoms with Crippen LogP contribution >= 0.6 is 0 Å². The summed E-state index contributed by atoms with van der Waals surface area (Å²) in [5.41, 5.74) is 8.73. The second-order valence-electron chi connectivity index (χ2n) is 6.30. The lowest BCUT2D eigenvalue weighted by Crippen LogP contribution is -2.42. The predicted octanol–water partition coefficient (Wildman–Crippen LogP) is 2.57. The molecular formula is C17H26N2O. The van der Waals surface area contributed by atoms with Gasteiger partial charge in [-0.05, 0) is 49.5 Å². The Bertz CT molecular complexity index is 460. The van der Waals surface area contributed by atoms with E-state index in [2.05, 4.69) is 30.1 Å². The molecule has 1 aromatic rings. The summed E-state index contributed by atoms with van der Waals surface area (Å²) in [4.78, 5) is 2.51. The Hall–Kier alpha value is -1.06. The highest BCUT2D eigenvalue weighted by Gasteiger charge is 2.27. The van der Waals surface area contributed by atoms with E-state index in [-0.39, 0.29) is 0 Å². The maximum absolute atomic E-state index is 5.96. The van der Waals surface area contributed by atoms with Crippen LogP contribution in [0, 0.1) is 5.92 Å². The molecule has 1 saturated carbocycles. The lowest BCUT2D eigenvalue weighted by atomic mass is 9.83. The highest BCUT2D eigenvalue weighted by molar-refractivity contribution is 5.39. The topological polar surface area (TPSA) is 38.5 Å². The number of hydrogen-bond donors (Lipinski definition) is 1. The molecule has 1 aliphatic heterocycles. The van der Waals surface area contributed by atoms with E-state index in [0.29, 0.717) is 12.0 Å². The molecule has 3 heteroatoms. The number of hydrogen-bond acceptors (Lipinski definition) is 3. The SMILES string of the molecule is CN(Cc1ccc2c(c1)CCO2)C1CCCCC1CN. The van der Waals surface area contributed by atoms with Crippen LogP contribution in [0.5, 0.6) is 5.75 Å². The maximum atomic E-state index is 5.96. The van der Waals surface area contributed by atoms with Gasteiger partial charge in [0.15, 0.2) is 0 Å². The highest BCUT2D eigenvalue weighted by atomic mass is 16.5. The third-order valence-electron chi connectivity index (χ3n) is 4.92. The van der Waals surface area contributed by atoms with Crippen LogP contribution < -0.4 is 10.5 Å². The summed E-state index contributed by atoms with van der Waals surface area (Å²) in [6, 6.07) is 7.31. The van der Waals surface area contributed by atoms with Crippen LogP contribution in [-0.4, -0.2) is 31.1 Å². The molecule has 2 aliphatic rings. The van der Waals surface area contributed by atoms with Gasteiger partial charge >= 0.3 is 0 Å². The van der Waals surface area contributed by atoms with E-state index < -0.39 is 0 Å². The molecule has 2 unspecified atom stereocenters. The second-order valence-corrected chi connectivity index (χ2v) is 6.30. The first-order chi connectivity index (χ1) is 9.78. The van der Waals surface area contributed by atoms with Crippen LogP contribution in [0.3, 0.4) is 0 Å². The third kappa shape index (κ3) is 2.84. The second kappa shape index (κ2) is 6.15. The molecule has 0 bridgehead atoms. The van der Waals surface area contributed by atoms with E-state index in [1.807, 2.05) is 0 Å². The maximum Gasteiger partial charge on any atom is 0.122 e. The van der Waals surface area contributed by atoms with Crippen LogP contribution in [0.2, 0.25) is 0 Å². The smallest absolute Gasteiger partial charge is 0.122 e. The van der Waals surface area contributed by atoms with Crippen molar-refractivity contribution >= 4 is 0 Å². The van der Waals surface area contributed by atoms with Gasteiger partial charge in [-0.25, -0.2) is 0 Å². The van der Waals surface area contributed by atoms with Gasteiger partial charge in [-0.1, -0.05) is 25.0 Å². The molecule has 0 amide bonds. The first kappa shape index (κ1) is 13.9. The van der Waals surface area contributed by atoms with Gasteiger partial charge in [0.2, 0.25) is 0 Å². The monoisotopic (exact) mass is 274 g/mol. The normalized spacial score (nSPS) is 25.6. The van der Waals surface area contributed by atoms with Gasteiger partial charge < -0.3 is 10.5 Å². The summed E-state index contributed by atoms with van der Waals surface area (Å²) in [5.74, 6) is 1.75. The van der Waals surface area contributed by atoms with Crippen molar-refractivity contribution in [2.24, 2.45) is 11.7 Å². The Kier molecular flexibility index (Phi) is 4.27. The quantitative estimate of drug-likeness (QED) is 0.917. The van der Waals surface area contributed by atoms with Crippen LogP contribution in [-0.2, 0) is 13.0 Å². The Balaban J connectivity index is 1.67. The molecule has 1 aromatic carbocycles. The summed E-state index contributed by atoms with van der Waals surface area (Å²) in [6.07, 6.45) is 6.35. The van der Waals surface area contributed by atoms with Crippen LogP contribution in [0.1, 0.15) is 36.8 Å². The molecule has 0 aromatic heterocycles. The molecule has 2 N–H and O–H groups in total. The largest absolute Gasteiger partial charge is 0.493 e. The van der Waals surface area contributed by atoms with Crippen LogP contribution in [0.25, 0.3) is 0 Å². The van der Waals surface area contributed by atoms with E-state index in [9.17, 15) is 0 Å². The zero-order valence-electron chi connectivity index (χ0n) is 12.5. The average molecular weight is 274 g/mol. The standard InChI is InChI=1S/C17H26N2O/c1-19(16-5-3-2-4-15(16)11-18)12-13-6-7-17-14(10-13)8-9-20-17/h6-7,10,15-16H,2-5,8-9,11-12,18H2,1H3. The van der Waals surface area contributed by atoms with E-state index in [0.717, 1.165) is 31.9 Å². The number of ether oxygens (including phenoxy) is 1. The summed E-state index contributed by atoms with van der Waals surface area (Å²) in [5, 5.41) is 0. The molecule has 1 aliphatic carbocycles. The summed E-state index contributed by atoms with van der Waals surface area (Å²) in [6.45, 7) is 2.69. The molecule has 1 fully saturated rings. The molecule has 3 nitrogen and oxygen atoms in total. The van der Waals surface area contributed by atoms with Gasteiger partial charge in [-0.2, -0.15) is 0 Å². The van der Waals surface area contributed by atoms with Crippen molar-refractivity contribution < 1.29 is 4.74 Å². The van der Waals surface area contributed by atoms with E-state index in [1.165, 1.54) is 36.8 Å². The van der Waals surface area contributed by atoms with E-state index in [4.69, 9.17) is 10.5 Å². The Morgan fingerprint density at radius 2 is 2.15 bits per heavy atom.